The fourth-order valence-electron chi connectivity index (χ4n) is 5.02. The highest BCUT2D eigenvalue weighted by Crippen LogP contribution is 2.47. The molecule has 0 radical (unpaired) electrons. The molecule has 3 aliphatic rings. The fourth-order valence-corrected chi connectivity index (χ4v) is 5.02. The van der Waals surface area contributed by atoms with Crippen LogP contribution < -0.4 is 9.47 Å². The second-order valence-electron chi connectivity index (χ2n) is 9.32. The van der Waals surface area contributed by atoms with Crippen molar-refractivity contribution in [3.05, 3.63) is 17.7 Å². The van der Waals surface area contributed by atoms with Crippen molar-refractivity contribution in [3.8, 4) is 11.8 Å². The van der Waals surface area contributed by atoms with Crippen LogP contribution in [0.3, 0.4) is 0 Å². The standard InChI is InChI=1S/C21H27F3N2O4/c1-19(28)9-13(10-19)18(27)26-11-20(12-26)7-5-14(6-8-20)30-16-4-3-15(21(22,23)24)17(25-16)29-2/h3-4,13-14,28H,5-12H2,1-2H3. The molecule has 166 valence electrons. The molecule has 0 bridgehead atoms. The van der Waals surface area contributed by atoms with Crippen LogP contribution in [0, 0.1) is 11.3 Å². The lowest BCUT2D eigenvalue weighted by molar-refractivity contribution is -0.164. The van der Waals surface area contributed by atoms with E-state index < -0.39 is 23.2 Å². The van der Waals surface area contributed by atoms with Crippen molar-refractivity contribution < 1.29 is 32.5 Å². The first-order valence-corrected chi connectivity index (χ1v) is 10.3. The highest BCUT2D eigenvalue weighted by Gasteiger charge is 2.51. The van der Waals surface area contributed by atoms with E-state index in [9.17, 15) is 23.1 Å². The third kappa shape index (κ3) is 4.08. The van der Waals surface area contributed by atoms with E-state index in [2.05, 4.69) is 4.98 Å². The van der Waals surface area contributed by atoms with Crippen LogP contribution in [0.5, 0.6) is 11.8 Å². The molecule has 0 unspecified atom stereocenters. The SMILES string of the molecule is COc1nc(OC2CCC3(CC2)CN(C(=O)C2CC(C)(O)C2)C3)ccc1C(F)(F)F. The molecule has 4 rings (SSSR count). The molecular weight excluding hydrogens is 401 g/mol. The first-order chi connectivity index (χ1) is 14.0. The van der Waals surface area contributed by atoms with E-state index in [1.165, 1.54) is 6.07 Å². The van der Waals surface area contributed by atoms with Crippen molar-refractivity contribution >= 4 is 5.91 Å². The summed E-state index contributed by atoms with van der Waals surface area (Å²) in [6.07, 6.45) is -0.226. The Kier molecular flexibility index (Phi) is 5.15. The van der Waals surface area contributed by atoms with E-state index in [-0.39, 0.29) is 29.2 Å². The first kappa shape index (κ1) is 21.2. The van der Waals surface area contributed by atoms with Gasteiger partial charge in [-0.05, 0) is 51.5 Å². The highest BCUT2D eigenvalue weighted by atomic mass is 19.4. The van der Waals surface area contributed by atoms with Crippen molar-refractivity contribution in [2.45, 2.75) is 63.3 Å². The Morgan fingerprint density at radius 3 is 2.40 bits per heavy atom. The summed E-state index contributed by atoms with van der Waals surface area (Å²) in [5.74, 6) is -0.275. The second kappa shape index (κ2) is 7.28. The molecular formula is C21H27F3N2O4. The largest absolute Gasteiger partial charge is 0.480 e. The molecule has 1 N–H and O–H groups in total. The van der Waals surface area contributed by atoms with Crippen molar-refractivity contribution in [1.29, 1.82) is 0 Å². The van der Waals surface area contributed by atoms with Crippen LogP contribution in [0.1, 0.15) is 51.0 Å². The number of aliphatic hydroxyl groups is 1. The van der Waals surface area contributed by atoms with Crippen LogP contribution >= 0.6 is 0 Å². The van der Waals surface area contributed by atoms with Gasteiger partial charge in [-0.2, -0.15) is 18.2 Å². The molecule has 1 amide bonds. The summed E-state index contributed by atoms with van der Waals surface area (Å²) >= 11 is 0. The molecule has 9 heteroatoms. The van der Waals surface area contributed by atoms with Crippen LogP contribution in [0.4, 0.5) is 13.2 Å². The number of ether oxygens (including phenoxy) is 2. The monoisotopic (exact) mass is 428 g/mol. The lowest BCUT2D eigenvalue weighted by Crippen LogP contribution is -2.63. The van der Waals surface area contributed by atoms with Gasteiger partial charge in [0.15, 0.2) is 0 Å². The lowest BCUT2D eigenvalue weighted by Gasteiger charge is -2.55. The maximum absolute atomic E-state index is 13.0. The summed E-state index contributed by atoms with van der Waals surface area (Å²) in [6, 6.07) is 2.16. The van der Waals surface area contributed by atoms with Gasteiger partial charge in [-0.1, -0.05) is 0 Å². The van der Waals surface area contributed by atoms with Crippen LogP contribution in [-0.2, 0) is 11.0 Å². The predicted octanol–water partition coefficient (Wildman–Crippen LogP) is 3.42. The molecule has 1 aromatic heterocycles. The van der Waals surface area contributed by atoms with Gasteiger partial charge >= 0.3 is 6.18 Å². The maximum Gasteiger partial charge on any atom is 0.421 e. The number of rotatable bonds is 4. The number of hydrogen-bond acceptors (Lipinski definition) is 5. The summed E-state index contributed by atoms with van der Waals surface area (Å²) in [5.41, 5.74) is -1.51. The van der Waals surface area contributed by atoms with Gasteiger partial charge in [0.25, 0.3) is 0 Å². The van der Waals surface area contributed by atoms with E-state index in [0.717, 1.165) is 51.9 Å². The molecule has 30 heavy (non-hydrogen) atoms. The molecule has 0 atom stereocenters. The van der Waals surface area contributed by atoms with Crippen LogP contribution in [-0.4, -0.2) is 52.8 Å². The highest BCUT2D eigenvalue weighted by molar-refractivity contribution is 5.81. The van der Waals surface area contributed by atoms with Crippen molar-refractivity contribution in [1.82, 2.24) is 9.88 Å². The van der Waals surface area contributed by atoms with Crippen molar-refractivity contribution in [3.63, 3.8) is 0 Å². The number of likely N-dealkylation sites (tertiary alicyclic amines) is 1. The van der Waals surface area contributed by atoms with Gasteiger partial charge in [0.05, 0.1) is 12.7 Å². The van der Waals surface area contributed by atoms with E-state index >= 15 is 0 Å². The minimum atomic E-state index is -4.53. The summed E-state index contributed by atoms with van der Waals surface area (Å²) < 4.78 is 49.5. The minimum Gasteiger partial charge on any atom is -0.480 e. The van der Waals surface area contributed by atoms with E-state index in [1.807, 2.05) is 4.90 Å². The van der Waals surface area contributed by atoms with Crippen molar-refractivity contribution in [2.24, 2.45) is 11.3 Å². The number of alkyl halides is 3. The van der Waals surface area contributed by atoms with E-state index in [1.54, 1.807) is 6.92 Å². The lowest BCUT2D eigenvalue weighted by atomic mass is 9.66. The van der Waals surface area contributed by atoms with Gasteiger partial charge in [0.1, 0.15) is 11.7 Å². The quantitative estimate of drug-likeness (QED) is 0.796. The van der Waals surface area contributed by atoms with E-state index in [0.29, 0.717) is 12.8 Å². The number of methoxy groups -OCH3 is 1. The Morgan fingerprint density at radius 2 is 1.87 bits per heavy atom. The number of aromatic nitrogens is 1. The number of pyridine rings is 1. The molecule has 1 spiro atoms. The first-order valence-electron chi connectivity index (χ1n) is 10.3. The molecule has 2 saturated carbocycles. The Balaban J connectivity index is 1.27. The average molecular weight is 428 g/mol. The average Bonchev–Trinajstić information content (AvgIpc) is 2.63. The van der Waals surface area contributed by atoms with Crippen molar-refractivity contribution in [2.75, 3.05) is 20.2 Å². The maximum atomic E-state index is 13.0. The fraction of sp³-hybridized carbons (Fsp3) is 0.714. The van der Waals surface area contributed by atoms with Gasteiger partial charge in [-0.25, -0.2) is 0 Å². The van der Waals surface area contributed by atoms with Gasteiger partial charge in [-0.3, -0.25) is 4.79 Å². The van der Waals surface area contributed by atoms with Crippen LogP contribution in [0.25, 0.3) is 0 Å². The third-order valence-corrected chi connectivity index (χ3v) is 6.70. The number of nitrogens with zero attached hydrogens (tertiary/aromatic N) is 2. The summed E-state index contributed by atoms with van der Waals surface area (Å²) in [4.78, 5) is 18.2. The Labute approximate surface area is 173 Å². The normalized spacial score (nSPS) is 28.6. The Bertz CT molecular complexity index is 803. The summed E-state index contributed by atoms with van der Waals surface area (Å²) in [6.45, 7) is 3.24. The molecule has 1 saturated heterocycles. The zero-order valence-electron chi connectivity index (χ0n) is 17.2. The smallest absolute Gasteiger partial charge is 0.421 e. The number of carbonyl (C=O) groups excluding carboxylic acids is 1. The Morgan fingerprint density at radius 1 is 1.23 bits per heavy atom. The van der Waals surface area contributed by atoms with Gasteiger partial charge in [0.2, 0.25) is 17.7 Å². The Hall–Kier alpha value is -2.03. The topological polar surface area (TPSA) is 71.9 Å². The molecule has 1 aliphatic heterocycles. The molecule has 2 heterocycles. The van der Waals surface area contributed by atoms with Crippen LogP contribution in [0.15, 0.2) is 12.1 Å². The second-order valence-corrected chi connectivity index (χ2v) is 9.32. The molecule has 2 aliphatic carbocycles. The van der Waals surface area contributed by atoms with Crippen LogP contribution in [0.2, 0.25) is 0 Å². The number of carbonyl (C=O) groups is 1. The number of halogens is 3. The van der Waals surface area contributed by atoms with E-state index in [4.69, 9.17) is 9.47 Å². The molecule has 6 nitrogen and oxygen atoms in total. The van der Waals surface area contributed by atoms with Gasteiger partial charge < -0.3 is 19.5 Å². The number of hydrogen-bond donors (Lipinski definition) is 1. The predicted molar refractivity (Wildman–Crippen MR) is 101 cm³/mol. The zero-order valence-corrected chi connectivity index (χ0v) is 17.2. The third-order valence-electron chi connectivity index (χ3n) is 6.70. The minimum absolute atomic E-state index is 0.0576. The molecule has 3 fully saturated rings. The summed E-state index contributed by atoms with van der Waals surface area (Å²) in [7, 11) is 1.15. The van der Waals surface area contributed by atoms with Gasteiger partial charge in [-0.15, -0.1) is 0 Å². The van der Waals surface area contributed by atoms with Gasteiger partial charge in [0, 0.05) is 30.5 Å². The molecule has 0 aromatic carbocycles. The summed E-state index contributed by atoms with van der Waals surface area (Å²) in [5, 5.41) is 9.83. The number of amides is 1. The molecule has 1 aromatic rings. The zero-order chi connectivity index (χ0) is 21.7.